The Morgan fingerprint density at radius 1 is 0.0633 bits per heavy atom. The summed E-state index contributed by atoms with van der Waals surface area (Å²) in [5.41, 5.74) is 0. The molecule has 0 aromatic heterocycles. The third-order valence-corrected chi connectivity index (χ3v) is 0. The van der Waals surface area contributed by atoms with Gasteiger partial charge >= 0.3 is 154 Å². The topological polar surface area (TPSA) is 856 Å². The second kappa shape index (κ2) is 1400. The fourth-order valence-corrected chi connectivity index (χ4v) is 0. The Hall–Kier alpha value is -13.6. The second-order valence-electron chi connectivity index (χ2n) is 0. The minimum absolute atomic E-state index is 0. The fourth-order valence-electron chi connectivity index (χ4n) is 0. The van der Waals surface area contributed by atoms with E-state index in [0.717, 1.165) is 0 Å². The van der Waals surface area contributed by atoms with Gasteiger partial charge in [0.2, 0.25) is 0 Å². The molecule has 0 bridgehead atoms. The molecule has 0 aromatic carbocycles. The van der Waals surface area contributed by atoms with E-state index in [4.69, 9.17) is 426 Å². The molecule has 0 radical (unpaired) electrons. The summed E-state index contributed by atoms with van der Waals surface area (Å²) in [4.78, 5) is 0. The molecule has 79 heavy (non-hydrogen) atoms. The van der Waals surface area contributed by atoms with Crippen LogP contribution in [-0.4, -0.2) is 0 Å². The summed E-state index contributed by atoms with van der Waals surface area (Å²) in [7, 11) is 0. The first kappa shape index (κ1) is 541. The van der Waals surface area contributed by atoms with Crippen molar-refractivity contribution < 1.29 is 154 Å². The largest absolute Gasteiger partial charge is 2.00 e. The van der Waals surface area contributed by atoms with E-state index in [1.165, 1.54) is 0 Å². The summed E-state index contributed by atoms with van der Waals surface area (Å²) < 4.78 is 0. The van der Waals surface area contributed by atoms with Crippen LogP contribution in [0.25, 0.3) is 0 Å². The Kier molecular flexibility index (Phi) is 9570. The summed E-state index contributed by atoms with van der Waals surface area (Å²) >= 11 is 0. The summed E-state index contributed by atoms with van der Waals surface area (Å²) in [5.74, 6) is 0. The van der Waals surface area contributed by atoms with Crippen LogP contribution in [0.15, 0.2) is 0 Å². The third-order valence-electron chi connectivity index (χ3n) is 0. The van der Waals surface area contributed by atoms with Gasteiger partial charge in [-0.15, -0.1) is 0 Å². The van der Waals surface area contributed by atoms with Crippen molar-refractivity contribution in [2.24, 2.45) is 0 Å². The van der Waals surface area contributed by atoms with Crippen LogP contribution in [0.1, 0.15) is 0 Å². The fraction of sp³-hybridized carbons (Fsp3) is 0. The van der Waals surface area contributed by atoms with E-state index >= 15 is 0 Å². The van der Waals surface area contributed by atoms with Gasteiger partial charge < -0.3 is 426 Å². The van der Waals surface area contributed by atoms with Gasteiger partial charge in [-0.25, -0.2) is 0 Å². The maximum absolute atomic E-state index is 6.25. The first-order chi connectivity index (χ1) is 36.0. The zero-order valence-corrected chi connectivity index (χ0v) is 47.0. The Balaban J connectivity index is -0.00000000411. The van der Waals surface area contributed by atoms with Gasteiger partial charge in [-0.05, 0) is 0 Å². The zero-order chi connectivity index (χ0) is 72.0. The molecule has 0 unspecified atom stereocenters. The van der Waals surface area contributed by atoms with Crippen LogP contribution >= 0.6 is 0 Å². The average Bonchev–Trinajstić information content (AvgIpc) is 3.63. The molecular formula is C36Fe6KN36-23. The summed E-state index contributed by atoms with van der Waals surface area (Å²) in [5, 5.41) is 225. The first-order valence-electron chi connectivity index (χ1n) is 8.05. The minimum atomic E-state index is 0. The number of nitrogens with zero attached hydrogens (tertiary/aromatic N) is 36. The Labute approximate surface area is 573 Å². The van der Waals surface area contributed by atoms with E-state index in [-0.39, 0.29) is 154 Å². The molecule has 0 saturated heterocycles. The van der Waals surface area contributed by atoms with Gasteiger partial charge in [-0.1, -0.05) is 0 Å². The van der Waals surface area contributed by atoms with Crippen LogP contribution in [0.5, 0.6) is 0 Å². The minimum Gasteiger partial charge on any atom is -0.512 e. The molecule has 0 aliphatic heterocycles. The van der Waals surface area contributed by atoms with Crippen LogP contribution in [0.3, 0.4) is 0 Å². The average molecular weight is 1310 g/mol. The molecule has 0 aliphatic carbocycles. The van der Waals surface area contributed by atoms with Crippen LogP contribution in [0.2, 0.25) is 0 Å². The van der Waals surface area contributed by atoms with Crippen LogP contribution in [0, 0.1) is 426 Å². The number of hydrogen-bond acceptors (Lipinski definition) is 36. The first-order valence-corrected chi connectivity index (χ1v) is 8.05. The van der Waals surface area contributed by atoms with Crippen molar-refractivity contribution in [1.29, 1.82) is 189 Å². The monoisotopic (exact) mass is 1310 g/mol. The van der Waals surface area contributed by atoms with Crippen molar-refractivity contribution >= 4 is 0 Å². The molecule has 0 rings (SSSR count). The maximum Gasteiger partial charge on any atom is 2.00 e. The summed E-state index contributed by atoms with van der Waals surface area (Å²) in [6.45, 7) is 171. The Bertz CT molecular complexity index is 840. The normalized spacial score (nSPS) is 0.911. The van der Waals surface area contributed by atoms with Crippen molar-refractivity contribution in [3.05, 3.63) is 237 Å². The van der Waals surface area contributed by atoms with Gasteiger partial charge in [0.1, 0.15) is 0 Å². The van der Waals surface area contributed by atoms with E-state index in [1.807, 2.05) is 0 Å². The maximum atomic E-state index is 6.25. The van der Waals surface area contributed by atoms with E-state index in [9.17, 15) is 0 Å². The predicted molar refractivity (Wildman–Crippen MR) is 179 cm³/mol. The van der Waals surface area contributed by atoms with Gasteiger partial charge in [0, 0.05) is 0 Å². The molecule has 0 fully saturated rings. The molecule has 0 saturated carbocycles. The summed E-state index contributed by atoms with van der Waals surface area (Å²) in [6.07, 6.45) is 0. The second-order valence-corrected chi connectivity index (χ2v) is 0. The molecule has 36 nitrogen and oxygen atoms in total. The van der Waals surface area contributed by atoms with Gasteiger partial charge in [-0.2, -0.15) is 0 Å². The quantitative estimate of drug-likeness (QED) is 0.235. The van der Waals surface area contributed by atoms with Crippen molar-refractivity contribution in [1.82, 2.24) is 0 Å². The molecular weight excluding hydrogens is 1310 g/mol. The molecule has 0 aliphatic rings. The van der Waals surface area contributed by atoms with E-state index in [0.29, 0.717) is 0 Å². The van der Waals surface area contributed by atoms with Crippen LogP contribution in [-0.2, 0) is 102 Å². The van der Waals surface area contributed by atoms with Crippen molar-refractivity contribution in [2.45, 2.75) is 0 Å². The smallest absolute Gasteiger partial charge is 0.512 e. The van der Waals surface area contributed by atoms with Crippen LogP contribution < -0.4 is 51.4 Å². The molecule has 0 atom stereocenters. The van der Waals surface area contributed by atoms with E-state index in [1.54, 1.807) is 0 Å². The number of hydrogen-bond donors (Lipinski definition) is 0. The Morgan fingerprint density at radius 2 is 0.0633 bits per heavy atom. The van der Waals surface area contributed by atoms with Crippen molar-refractivity contribution in [3.63, 3.8) is 0 Å². The molecule has 0 aromatic rings. The Morgan fingerprint density at radius 3 is 0.0633 bits per heavy atom. The van der Waals surface area contributed by atoms with Gasteiger partial charge in [0.25, 0.3) is 0 Å². The molecule has 0 N–H and O–H groups in total. The molecule has 0 heterocycles. The third kappa shape index (κ3) is 1350. The summed E-state index contributed by atoms with van der Waals surface area (Å²) in [6, 6.07) is 0. The van der Waals surface area contributed by atoms with Crippen molar-refractivity contribution in [2.75, 3.05) is 0 Å². The standard InChI is InChI=1S/36CN.6Fe.K/c36*1-2;;;;;;;/q36*-1;6*+2;+1. The van der Waals surface area contributed by atoms with E-state index < -0.39 is 0 Å². The molecule has 0 spiro atoms. The van der Waals surface area contributed by atoms with Crippen molar-refractivity contribution in [3.8, 4) is 0 Å². The predicted octanol–water partition coefficient (Wildman–Crippen LogP) is 0.458. The zero-order valence-electron chi connectivity index (χ0n) is 37.2. The molecule has 43 heteroatoms. The molecule has 0 amide bonds. The van der Waals surface area contributed by atoms with Gasteiger partial charge in [-0.3, -0.25) is 0 Å². The van der Waals surface area contributed by atoms with Gasteiger partial charge in [0.05, 0.1) is 0 Å². The number of rotatable bonds is 0. The van der Waals surface area contributed by atoms with Crippen LogP contribution in [0.4, 0.5) is 0 Å². The van der Waals surface area contributed by atoms with Gasteiger partial charge in [0.15, 0.2) is 0 Å². The van der Waals surface area contributed by atoms with E-state index in [2.05, 4.69) is 0 Å². The SMILES string of the molecule is [C-]#N.[C-]#N.[C-]#N.[C-]#N.[C-]#N.[C-]#N.[C-]#N.[C-]#N.[C-]#N.[C-]#N.[C-]#N.[C-]#N.[C-]#N.[C-]#N.[C-]#N.[C-]#N.[C-]#N.[C-]#N.[C-]#N.[C-]#N.[C-]#N.[C-]#N.[C-]#N.[C-]#N.[C-]#N.[C-]#N.[C-]#N.[C-]#N.[C-]#N.[C-]#N.[C-]#N.[C-]#N.[C-]#N.[C-]#N.[C-]#N.[C-]#N.[Fe+2].[Fe+2].[Fe+2].[Fe+2].[Fe+2].[Fe+2].[K+]. The molecule has 396 valence electrons.